The van der Waals surface area contributed by atoms with Gasteiger partial charge in [0.25, 0.3) is 11.8 Å². The van der Waals surface area contributed by atoms with Gasteiger partial charge in [0.15, 0.2) is 0 Å². The van der Waals surface area contributed by atoms with Crippen LogP contribution in [0.3, 0.4) is 0 Å². The van der Waals surface area contributed by atoms with Gasteiger partial charge in [0.05, 0.1) is 6.21 Å². The molecule has 1 heterocycles. The highest BCUT2D eigenvalue weighted by Crippen LogP contribution is 2.15. The van der Waals surface area contributed by atoms with Gasteiger partial charge < -0.3 is 5.32 Å². The summed E-state index contributed by atoms with van der Waals surface area (Å²) in [5.41, 5.74) is 4.68. The molecule has 0 fully saturated rings. The number of amides is 2. The zero-order valence-corrected chi connectivity index (χ0v) is 15.7. The van der Waals surface area contributed by atoms with Crippen LogP contribution in [-0.4, -0.2) is 23.0 Å². The van der Waals surface area contributed by atoms with Gasteiger partial charge in [0.2, 0.25) is 0 Å². The van der Waals surface area contributed by atoms with E-state index in [1.807, 2.05) is 24.3 Å². The number of hydrogen-bond donors (Lipinski definition) is 2. The number of halogens is 1. The van der Waals surface area contributed by atoms with Crippen LogP contribution in [0.5, 0.6) is 0 Å². The zero-order valence-electron chi connectivity index (χ0n) is 14.1. The Morgan fingerprint density at radius 3 is 2.33 bits per heavy atom. The van der Waals surface area contributed by atoms with Crippen molar-refractivity contribution in [2.45, 2.75) is 0 Å². The molecule has 2 amide bonds. The predicted octanol–water partition coefficient (Wildman–Crippen LogP) is 3.86. The molecule has 2 aromatic carbocycles. The minimum atomic E-state index is -0.391. The number of carbonyl (C=O) groups excluding carboxylic acids is 2. The van der Waals surface area contributed by atoms with Crippen LogP contribution in [0, 0.1) is 0 Å². The number of rotatable bonds is 5. The number of hydrazone groups is 1. The first-order chi connectivity index (χ1) is 13.1. The Morgan fingerprint density at radius 2 is 1.67 bits per heavy atom. The minimum absolute atomic E-state index is 0.204. The first-order valence-corrected chi connectivity index (χ1v) is 8.82. The van der Waals surface area contributed by atoms with Gasteiger partial charge in [-0.05, 0) is 54.1 Å². The van der Waals surface area contributed by atoms with E-state index in [0.29, 0.717) is 11.3 Å². The van der Waals surface area contributed by atoms with Crippen molar-refractivity contribution >= 4 is 39.6 Å². The molecule has 0 bridgehead atoms. The van der Waals surface area contributed by atoms with Crippen molar-refractivity contribution in [3.8, 4) is 0 Å². The summed E-state index contributed by atoms with van der Waals surface area (Å²) in [6.45, 7) is 0. The van der Waals surface area contributed by atoms with Crippen molar-refractivity contribution in [2.24, 2.45) is 5.10 Å². The quantitative estimate of drug-likeness (QED) is 0.483. The lowest BCUT2D eigenvalue weighted by molar-refractivity contribution is 0.0949. The third-order valence-electron chi connectivity index (χ3n) is 3.55. The number of nitrogens with one attached hydrogen (secondary N) is 2. The van der Waals surface area contributed by atoms with Crippen LogP contribution < -0.4 is 10.7 Å². The lowest BCUT2D eigenvalue weighted by Crippen LogP contribution is -2.18. The van der Waals surface area contributed by atoms with Crippen LogP contribution in [0.2, 0.25) is 0 Å². The van der Waals surface area contributed by atoms with Crippen LogP contribution >= 0.6 is 15.9 Å². The number of anilines is 1. The van der Waals surface area contributed by atoms with Crippen LogP contribution in [0.15, 0.2) is 82.5 Å². The second-order valence-corrected chi connectivity index (χ2v) is 6.41. The molecule has 3 rings (SSSR count). The largest absolute Gasteiger partial charge is 0.322 e. The van der Waals surface area contributed by atoms with Crippen molar-refractivity contribution in [2.75, 3.05) is 5.32 Å². The predicted molar refractivity (Wildman–Crippen MR) is 108 cm³/mol. The molecule has 0 saturated carbocycles. The second kappa shape index (κ2) is 8.86. The summed E-state index contributed by atoms with van der Waals surface area (Å²) in [7, 11) is 0. The Labute approximate surface area is 164 Å². The minimum Gasteiger partial charge on any atom is -0.322 e. The van der Waals surface area contributed by atoms with Crippen LogP contribution in [0.25, 0.3) is 0 Å². The van der Waals surface area contributed by atoms with E-state index in [-0.39, 0.29) is 11.6 Å². The van der Waals surface area contributed by atoms with Crippen LogP contribution in [-0.2, 0) is 0 Å². The number of aromatic nitrogens is 1. The van der Waals surface area contributed by atoms with Crippen LogP contribution in [0.4, 0.5) is 5.69 Å². The van der Waals surface area contributed by atoms with Crippen molar-refractivity contribution < 1.29 is 9.59 Å². The SMILES string of the molecule is O=C(Nc1ccc(Br)cc1)c1ccc(C=NNC(=O)c2ccccn2)cc1. The smallest absolute Gasteiger partial charge is 0.289 e. The monoisotopic (exact) mass is 422 g/mol. The lowest BCUT2D eigenvalue weighted by atomic mass is 10.1. The molecule has 27 heavy (non-hydrogen) atoms. The molecule has 0 saturated heterocycles. The maximum atomic E-state index is 12.3. The molecule has 134 valence electrons. The van der Waals surface area contributed by atoms with Crippen molar-refractivity contribution in [3.63, 3.8) is 0 Å². The molecule has 0 spiro atoms. The summed E-state index contributed by atoms with van der Waals surface area (Å²) in [5.74, 6) is -0.596. The van der Waals surface area contributed by atoms with Crippen molar-refractivity contribution in [3.05, 3.63) is 94.2 Å². The summed E-state index contributed by atoms with van der Waals surface area (Å²) in [4.78, 5) is 28.0. The van der Waals surface area contributed by atoms with Gasteiger partial charge in [-0.1, -0.05) is 34.1 Å². The Balaban J connectivity index is 1.57. The van der Waals surface area contributed by atoms with Gasteiger partial charge in [0, 0.05) is 21.9 Å². The van der Waals surface area contributed by atoms with E-state index in [0.717, 1.165) is 10.0 Å². The highest BCUT2D eigenvalue weighted by molar-refractivity contribution is 9.10. The number of nitrogens with zero attached hydrogens (tertiary/aromatic N) is 2. The molecular formula is C20H15BrN4O2. The summed E-state index contributed by atoms with van der Waals surface area (Å²) in [6.07, 6.45) is 3.04. The first kappa shape index (κ1) is 18.5. The summed E-state index contributed by atoms with van der Waals surface area (Å²) < 4.78 is 0.944. The molecule has 6 nitrogen and oxygen atoms in total. The van der Waals surface area contributed by atoms with Crippen LogP contribution in [0.1, 0.15) is 26.4 Å². The van der Waals surface area contributed by atoms with E-state index in [1.54, 1.807) is 42.5 Å². The molecule has 0 radical (unpaired) electrons. The zero-order chi connectivity index (χ0) is 19.1. The third-order valence-corrected chi connectivity index (χ3v) is 4.08. The Morgan fingerprint density at radius 1 is 0.926 bits per heavy atom. The molecule has 7 heteroatoms. The normalized spacial score (nSPS) is 10.6. The molecule has 1 aromatic heterocycles. The standard InChI is InChI=1S/C20H15BrN4O2/c21-16-8-10-17(11-9-16)24-19(26)15-6-4-14(5-7-15)13-23-25-20(27)18-3-1-2-12-22-18/h1-13H,(H,24,26)(H,25,27). The Hall–Kier alpha value is -3.32. The highest BCUT2D eigenvalue weighted by Gasteiger charge is 2.06. The molecule has 0 aliphatic rings. The second-order valence-electron chi connectivity index (χ2n) is 5.50. The highest BCUT2D eigenvalue weighted by atomic mass is 79.9. The number of benzene rings is 2. The van der Waals surface area contributed by atoms with E-state index in [2.05, 4.69) is 36.8 Å². The molecule has 2 N–H and O–H groups in total. The third kappa shape index (κ3) is 5.32. The fourth-order valence-corrected chi connectivity index (χ4v) is 2.44. The van der Waals surface area contributed by atoms with E-state index in [1.165, 1.54) is 12.4 Å². The van der Waals surface area contributed by atoms with Gasteiger partial charge in [0.1, 0.15) is 5.69 Å². The van der Waals surface area contributed by atoms with E-state index in [4.69, 9.17) is 0 Å². The molecule has 0 unspecified atom stereocenters. The van der Waals surface area contributed by atoms with Gasteiger partial charge in [-0.25, -0.2) is 5.43 Å². The Kier molecular flexibility index (Phi) is 6.06. The molecule has 3 aromatic rings. The van der Waals surface area contributed by atoms with Gasteiger partial charge in [-0.15, -0.1) is 0 Å². The molecule has 0 aliphatic heterocycles. The average molecular weight is 423 g/mol. The van der Waals surface area contributed by atoms with E-state index >= 15 is 0 Å². The van der Waals surface area contributed by atoms with E-state index in [9.17, 15) is 9.59 Å². The maximum absolute atomic E-state index is 12.3. The fraction of sp³-hybridized carbons (Fsp3) is 0. The van der Waals surface area contributed by atoms with Crippen molar-refractivity contribution in [1.82, 2.24) is 10.4 Å². The Bertz CT molecular complexity index is 956. The summed E-state index contributed by atoms with van der Waals surface area (Å²) >= 11 is 3.35. The fourth-order valence-electron chi connectivity index (χ4n) is 2.18. The lowest BCUT2D eigenvalue weighted by Gasteiger charge is -2.05. The number of carbonyl (C=O) groups is 2. The molecule has 0 aliphatic carbocycles. The molecule has 0 atom stereocenters. The topological polar surface area (TPSA) is 83.5 Å². The number of hydrogen-bond acceptors (Lipinski definition) is 4. The average Bonchev–Trinajstić information content (AvgIpc) is 2.71. The summed E-state index contributed by atoms with van der Waals surface area (Å²) in [5, 5.41) is 6.72. The number of pyridine rings is 1. The molecular weight excluding hydrogens is 408 g/mol. The van der Waals surface area contributed by atoms with Gasteiger partial charge in [-0.3, -0.25) is 14.6 Å². The maximum Gasteiger partial charge on any atom is 0.289 e. The van der Waals surface area contributed by atoms with Crippen molar-refractivity contribution in [1.29, 1.82) is 0 Å². The van der Waals surface area contributed by atoms with Gasteiger partial charge >= 0.3 is 0 Å². The summed E-state index contributed by atoms with van der Waals surface area (Å²) in [6, 6.07) is 19.3. The van der Waals surface area contributed by atoms with E-state index < -0.39 is 5.91 Å². The first-order valence-electron chi connectivity index (χ1n) is 8.03. The van der Waals surface area contributed by atoms with Gasteiger partial charge in [-0.2, -0.15) is 5.10 Å².